The third-order valence-electron chi connectivity index (χ3n) is 4.32. The van der Waals surface area contributed by atoms with Gasteiger partial charge in [-0.05, 0) is 30.2 Å². The summed E-state index contributed by atoms with van der Waals surface area (Å²) >= 11 is 0. The van der Waals surface area contributed by atoms with E-state index in [-0.39, 0.29) is 19.1 Å². The van der Waals surface area contributed by atoms with Crippen molar-refractivity contribution < 1.29 is 19.1 Å². The van der Waals surface area contributed by atoms with Gasteiger partial charge in [0.15, 0.2) is 6.61 Å². The third kappa shape index (κ3) is 4.11. The zero-order valence-electron chi connectivity index (χ0n) is 14.9. The molecule has 3 rings (SSSR count). The van der Waals surface area contributed by atoms with Gasteiger partial charge in [-0.2, -0.15) is 0 Å². The Kier molecular flexibility index (Phi) is 5.37. The van der Waals surface area contributed by atoms with Crippen LogP contribution in [-0.2, 0) is 20.9 Å². The van der Waals surface area contributed by atoms with Crippen molar-refractivity contribution >= 4 is 18.0 Å². The first-order valence-corrected chi connectivity index (χ1v) is 8.42. The maximum Gasteiger partial charge on any atom is 0.338 e. The Bertz CT molecular complexity index is 857. The summed E-state index contributed by atoms with van der Waals surface area (Å²) in [6.45, 7) is 2.33. The molecule has 1 heterocycles. The number of rotatable bonds is 5. The van der Waals surface area contributed by atoms with E-state index in [1.54, 1.807) is 18.0 Å². The summed E-state index contributed by atoms with van der Waals surface area (Å²) in [5, 5.41) is 0. The first-order valence-electron chi connectivity index (χ1n) is 8.42. The van der Waals surface area contributed by atoms with E-state index in [0.29, 0.717) is 12.1 Å². The molecule has 1 aliphatic heterocycles. The summed E-state index contributed by atoms with van der Waals surface area (Å²) in [4.78, 5) is 26.0. The quantitative estimate of drug-likeness (QED) is 0.777. The van der Waals surface area contributed by atoms with Gasteiger partial charge in [0, 0.05) is 19.2 Å². The number of esters is 1. The molecule has 2 aromatic carbocycles. The number of likely N-dealkylation sites (N-methyl/N-ethyl adjacent to an activating group) is 1. The Morgan fingerprint density at radius 3 is 2.65 bits per heavy atom. The number of benzene rings is 2. The Morgan fingerprint density at radius 1 is 1.12 bits per heavy atom. The molecule has 0 atom stereocenters. The Labute approximate surface area is 152 Å². The minimum Gasteiger partial charge on any atom is -0.488 e. The number of hydrogen-bond acceptors (Lipinski definition) is 4. The number of aryl methyl sites for hydroxylation is 1. The van der Waals surface area contributed by atoms with Gasteiger partial charge in [-0.15, -0.1) is 0 Å². The number of carbonyl (C=O) groups excluding carboxylic acids is 2. The van der Waals surface area contributed by atoms with Crippen LogP contribution >= 0.6 is 0 Å². The fourth-order valence-corrected chi connectivity index (χ4v) is 2.70. The molecule has 0 radical (unpaired) electrons. The van der Waals surface area contributed by atoms with Crippen LogP contribution in [0.15, 0.2) is 54.1 Å². The summed E-state index contributed by atoms with van der Waals surface area (Å²) in [6, 6.07) is 15.3. The summed E-state index contributed by atoms with van der Waals surface area (Å²) in [7, 11) is 1.70. The number of fused-ring (bicyclic) bond motifs is 1. The van der Waals surface area contributed by atoms with Gasteiger partial charge >= 0.3 is 5.97 Å². The second kappa shape index (κ2) is 7.87. The van der Waals surface area contributed by atoms with Gasteiger partial charge in [0.25, 0.3) is 5.91 Å². The Hall–Kier alpha value is -3.08. The molecule has 1 aliphatic rings. The van der Waals surface area contributed by atoms with Gasteiger partial charge in [0.05, 0.1) is 5.57 Å². The van der Waals surface area contributed by atoms with Crippen LogP contribution in [0.3, 0.4) is 0 Å². The van der Waals surface area contributed by atoms with E-state index < -0.39 is 5.97 Å². The SMILES string of the molecule is Cc1ccccc1CN(C)C(=O)COC(=O)C1=Cc2ccccc2OC1. The average molecular weight is 351 g/mol. The molecule has 1 amide bonds. The first kappa shape index (κ1) is 17.7. The smallest absolute Gasteiger partial charge is 0.338 e. The van der Waals surface area contributed by atoms with E-state index in [0.717, 1.165) is 22.4 Å². The first-order chi connectivity index (χ1) is 12.5. The number of ether oxygens (including phenoxy) is 2. The molecule has 0 saturated carbocycles. The fraction of sp³-hybridized carbons (Fsp3) is 0.238. The van der Waals surface area contributed by atoms with E-state index in [9.17, 15) is 9.59 Å². The highest BCUT2D eigenvalue weighted by atomic mass is 16.5. The summed E-state index contributed by atoms with van der Waals surface area (Å²) in [5.41, 5.74) is 3.41. The molecule has 134 valence electrons. The lowest BCUT2D eigenvalue weighted by atomic mass is 10.1. The van der Waals surface area contributed by atoms with Crippen molar-refractivity contribution in [2.45, 2.75) is 13.5 Å². The monoisotopic (exact) mass is 351 g/mol. The summed E-state index contributed by atoms with van der Waals surface area (Å²) in [6.07, 6.45) is 1.74. The highest BCUT2D eigenvalue weighted by molar-refractivity contribution is 5.96. The van der Waals surface area contributed by atoms with E-state index >= 15 is 0 Å². The molecule has 5 heteroatoms. The Morgan fingerprint density at radius 2 is 1.85 bits per heavy atom. The molecular weight excluding hydrogens is 330 g/mol. The summed E-state index contributed by atoms with van der Waals surface area (Å²) < 4.78 is 10.7. The van der Waals surface area contributed by atoms with Gasteiger partial charge in [0.1, 0.15) is 12.4 Å². The Balaban J connectivity index is 1.55. The fourth-order valence-electron chi connectivity index (χ4n) is 2.70. The normalized spacial score (nSPS) is 12.5. The number of carbonyl (C=O) groups is 2. The molecule has 0 bridgehead atoms. The molecule has 2 aromatic rings. The second-order valence-electron chi connectivity index (χ2n) is 6.25. The summed E-state index contributed by atoms with van der Waals surface area (Å²) in [5.74, 6) is -0.0467. The van der Waals surface area contributed by atoms with E-state index in [2.05, 4.69) is 0 Å². The highest BCUT2D eigenvalue weighted by Crippen LogP contribution is 2.26. The molecule has 5 nitrogen and oxygen atoms in total. The van der Waals surface area contributed by atoms with Crippen molar-refractivity contribution in [2.75, 3.05) is 20.3 Å². The van der Waals surface area contributed by atoms with Crippen LogP contribution in [-0.4, -0.2) is 37.0 Å². The largest absolute Gasteiger partial charge is 0.488 e. The zero-order valence-corrected chi connectivity index (χ0v) is 14.9. The number of nitrogens with zero attached hydrogens (tertiary/aromatic N) is 1. The number of para-hydroxylation sites is 1. The number of amides is 1. The van der Waals surface area contributed by atoms with E-state index in [1.807, 2.05) is 55.5 Å². The van der Waals surface area contributed by atoms with Gasteiger partial charge in [0.2, 0.25) is 0 Å². The van der Waals surface area contributed by atoms with Gasteiger partial charge in [-0.1, -0.05) is 42.5 Å². The van der Waals surface area contributed by atoms with Crippen molar-refractivity contribution in [2.24, 2.45) is 0 Å². The van der Waals surface area contributed by atoms with E-state index in [4.69, 9.17) is 9.47 Å². The standard InChI is InChI=1S/C21H21NO4/c1-15-7-3-4-9-17(15)12-22(2)20(23)14-26-21(24)18-11-16-8-5-6-10-19(16)25-13-18/h3-11H,12-14H2,1-2H3. The molecule has 0 unspecified atom stereocenters. The lowest BCUT2D eigenvalue weighted by Gasteiger charge is -2.19. The van der Waals surface area contributed by atoms with Crippen molar-refractivity contribution in [1.29, 1.82) is 0 Å². The number of hydrogen-bond donors (Lipinski definition) is 0. The topological polar surface area (TPSA) is 55.8 Å². The molecule has 0 aliphatic carbocycles. The van der Waals surface area contributed by atoms with Crippen LogP contribution in [0, 0.1) is 6.92 Å². The van der Waals surface area contributed by atoms with Gasteiger partial charge in [-0.3, -0.25) is 4.79 Å². The predicted molar refractivity (Wildman–Crippen MR) is 98.5 cm³/mol. The van der Waals surface area contributed by atoms with Crippen molar-refractivity contribution in [1.82, 2.24) is 4.90 Å². The molecule has 0 aromatic heterocycles. The van der Waals surface area contributed by atoms with Crippen molar-refractivity contribution in [3.05, 3.63) is 70.8 Å². The van der Waals surface area contributed by atoms with Crippen molar-refractivity contribution in [3.8, 4) is 5.75 Å². The molecular formula is C21H21NO4. The lowest BCUT2D eigenvalue weighted by molar-refractivity contribution is -0.148. The molecule has 0 fully saturated rings. The minimum atomic E-state index is -0.530. The van der Waals surface area contributed by atoms with Gasteiger partial charge in [-0.25, -0.2) is 4.79 Å². The van der Waals surface area contributed by atoms with Crippen LogP contribution in [0.2, 0.25) is 0 Å². The maximum absolute atomic E-state index is 12.2. The van der Waals surface area contributed by atoms with Crippen LogP contribution in [0.4, 0.5) is 0 Å². The van der Waals surface area contributed by atoms with Crippen molar-refractivity contribution in [3.63, 3.8) is 0 Å². The third-order valence-corrected chi connectivity index (χ3v) is 4.32. The zero-order chi connectivity index (χ0) is 18.5. The molecule has 0 spiro atoms. The molecule has 0 saturated heterocycles. The van der Waals surface area contributed by atoms with E-state index in [1.165, 1.54) is 0 Å². The molecule has 26 heavy (non-hydrogen) atoms. The van der Waals surface area contributed by atoms with Crippen LogP contribution in [0.5, 0.6) is 5.75 Å². The van der Waals surface area contributed by atoms with Gasteiger partial charge < -0.3 is 14.4 Å². The van der Waals surface area contributed by atoms with Crippen LogP contribution < -0.4 is 4.74 Å². The maximum atomic E-state index is 12.2. The molecule has 0 N–H and O–H groups in total. The second-order valence-corrected chi connectivity index (χ2v) is 6.25. The minimum absolute atomic E-state index is 0.142. The lowest BCUT2D eigenvalue weighted by Crippen LogP contribution is -2.31. The predicted octanol–water partition coefficient (Wildman–Crippen LogP) is 2.97. The average Bonchev–Trinajstić information content (AvgIpc) is 2.67. The highest BCUT2D eigenvalue weighted by Gasteiger charge is 2.20. The van der Waals surface area contributed by atoms with Crippen LogP contribution in [0.25, 0.3) is 6.08 Å². The van der Waals surface area contributed by atoms with Crippen LogP contribution in [0.1, 0.15) is 16.7 Å².